The van der Waals surface area contributed by atoms with E-state index >= 15 is 0 Å². The molecule has 0 spiro atoms. The molecule has 146 valence electrons. The summed E-state index contributed by atoms with van der Waals surface area (Å²) in [6.07, 6.45) is -1.03. The fraction of sp³-hybridized carbons (Fsp3) is 0.316. The van der Waals surface area contributed by atoms with Crippen LogP contribution in [0.15, 0.2) is 42.5 Å². The first-order valence-electron chi connectivity index (χ1n) is 8.08. The van der Waals surface area contributed by atoms with Gasteiger partial charge < -0.3 is 10.6 Å². The summed E-state index contributed by atoms with van der Waals surface area (Å²) in [5, 5.41) is 6.21. The van der Waals surface area contributed by atoms with E-state index in [1.807, 2.05) is 12.1 Å². The SMILES string of the molecule is CC(C)(C)c1ccc(C(=O)N[C@H](Nc2cccc(Cl)c2Cl)C(Cl)(Cl)Cl)cc1. The maximum Gasteiger partial charge on any atom is 0.252 e. The smallest absolute Gasteiger partial charge is 0.252 e. The number of carbonyl (C=O) groups excluding carboxylic acids is 1. The Morgan fingerprint density at radius 1 is 0.963 bits per heavy atom. The van der Waals surface area contributed by atoms with E-state index in [0.29, 0.717) is 16.3 Å². The molecule has 0 heterocycles. The van der Waals surface area contributed by atoms with Crippen LogP contribution >= 0.6 is 58.0 Å². The topological polar surface area (TPSA) is 41.1 Å². The van der Waals surface area contributed by atoms with E-state index < -0.39 is 15.9 Å². The number of hydrogen-bond acceptors (Lipinski definition) is 2. The summed E-state index contributed by atoms with van der Waals surface area (Å²) in [5.41, 5.74) is 1.98. The maximum absolute atomic E-state index is 12.6. The summed E-state index contributed by atoms with van der Waals surface area (Å²) in [5.74, 6) is -0.391. The van der Waals surface area contributed by atoms with Crippen LogP contribution in [0.25, 0.3) is 0 Å². The molecule has 2 rings (SSSR count). The average molecular weight is 469 g/mol. The largest absolute Gasteiger partial charge is 0.361 e. The van der Waals surface area contributed by atoms with Gasteiger partial charge in [-0.1, -0.05) is 97.0 Å². The molecule has 0 aromatic heterocycles. The molecule has 0 unspecified atom stereocenters. The highest BCUT2D eigenvalue weighted by Gasteiger charge is 2.34. The van der Waals surface area contributed by atoms with Crippen LogP contribution in [-0.4, -0.2) is 15.9 Å². The van der Waals surface area contributed by atoms with Crippen LogP contribution in [0.3, 0.4) is 0 Å². The van der Waals surface area contributed by atoms with E-state index in [0.717, 1.165) is 5.56 Å². The van der Waals surface area contributed by atoms with Gasteiger partial charge in [0.25, 0.3) is 5.91 Å². The van der Waals surface area contributed by atoms with E-state index in [9.17, 15) is 4.79 Å². The number of halogens is 5. The summed E-state index contributed by atoms with van der Waals surface area (Å²) in [4.78, 5) is 12.6. The van der Waals surface area contributed by atoms with Gasteiger partial charge in [0.15, 0.2) is 0 Å². The molecule has 8 heteroatoms. The van der Waals surface area contributed by atoms with Crippen molar-refractivity contribution in [1.29, 1.82) is 0 Å². The molecule has 3 nitrogen and oxygen atoms in total. The molecule has 0 bridgehead atoms. The van der Waals surface area contributed by atoms with Gasteiger partial charge >= 0.3 is 0 Å². The number of anilines is 1. The van der Waals surface area contributed by atoms with Crippen molar-refractivity contribution < 1.29 is 4.79 Å². The molecule has 0 fully saturated rings. The minimum Gasteiger partial charge on any atom is -0.361 e. The Balaban J connectivity index is 2.21. The summed E-state index contributed by atoms with van der Waals surface area (Å²) < 4.78 is -1.83. The Labute approximate surface area is 184 Å². The van der Waals surface area contributed by atoms with Crippen molar-refractivity contribution in [2.75, 3.05) is 5.32 Å². The van der Waals surface area contributed by atoms with E-state index in [2.05, 4.69) is 31.4 Å². The predicted molar refractivity (Wildman–Crippen MR) is 117 cm³/mol. The number of benzene rings is 2. The van der Waals surface area contributed by atoms with Gasteiger partial charge in [0, 0.05) is 5.56 Å². The minimum absolute atomic E-state index is 0.0139. The molecule has 1 atom stereocenters. The van der Waals surface area contributed by atoms with Crippen LogP contribution in [-0.2, 0) is 5.41 Å². The zero-order valence-electron chi connectivity index (χ0n) is 14.9. The first-order valence-corrected chi connectivity index (χ1v) is 9.97. The van der Waals surface area contributed by atoms with E-state index in [4.69, 9.17) is 58.0 Å². The third kappa shape index (κ3) is 6.07. The zero-order valence-corrected chi connectivity index (χ0v) is 18.7. The van der Waals surface area contributed by atoms with Gasteiger partial charge in [-0.15, -0.1) is 0 Å². The first-order chi connectivity index (χ1) is 12.4. The van der Waals surface area contributed by atoms with Crippen molar-refractivity contribution in [1.82, 2.24) is 5.32 Å². The lowest BCUT2D eigenvalue weighted by Gasteiger charge is -2.28. The molecule has 0 radical (unpaired) electrons. The number of nitrogens with one attached hydrogen (secondary N) is 2. The predicted octanol–water partition coefficient (Wildman–Crippen LogP) is 6.83. The third-order valence-electron chi connectivity index (χ3n) is 3.87. The molecule has 0 saturated heterocycles. The zero-order chi connectivity index (χ0) is 20.4. The second-order valence-electron chi connectivity index (χ2n) is 7.02. The molecule has 0 aliphatic heterocycles. The molecule has 2 aromatic carbocycles. The summed E-state index contributed by atoms with van der Waals surface area (Å²) >= 11 is 30.3. The summed E-state index contributed by atoms with van der Waals surface area (Å²) in [7, 11) is 0. The number of rotatable bonds is 4. The third-order valence-corrected chi connectivity index (χ3v) is 5.34. The molecule has 0 saturated carbocycles. The second kappa shape index (κ2) is 8.67. The standard InChI is InChI=1S/C19H19Cl5N2O/c1-18(2,3)12-9-7-11(8-10-12)16(27)26-17(19(22,23)24)25-14-6-4-5-13(20)15(14)21/h4-10,17,25H,1-3H3,(H,26,27)/t17-/m0/s1. The van der Waals surface area contributed by atoms with Gasteiger partial charge in [0.2, 0.25) is 3.79 Å². The van der Waals surface area contributed by atoms with Crippen LogP contribution in [0.2, 0.25) is 10.0 Å². The van der Waals surface area contributed by atoms with Gasteiger partial charge in [-0.3, -0.25) is 4.79 Å². The fourth-order valence-corrected chi connectivity index (χ4v) is 2.99. The van der Waals surface area contributed by atoms with Crippen LogP contribution in [0.5, 0.6) is 0 Å². The number of alkyl halides is 3. The Kier molecular flexibility index (Phi) is 7.21. The Hall–Kier alpha value is -0.840. The Morgan fingerprint density at radius 3 is 2.07 bits per heavy atom. The van der Waals surface area contributed by atoms with Crippen LogP contribution < -0.4 is 10.6 Å². The average Bonchev–Trinajstić information content (AvgIpc) is 2.56. The van der Waals surface area contributed by atoms with Crippen LogP contribution in [0.1, 0.15) is 36.7 Å². The van der Waals surface area contributed by atoms with Gasteiger partial charge in [0.05, 0.1) is 15.7 Å². The molecule has 27 heavy (non-hydrogen) atoms. The second-order valence-corrected chi connectivity index (χ2v) is 10.2. The molecule has 0 aliphatic carbocycles. The highest BCUT2D eigenvalue weighted by Crippen LogP contribution is 2.35. The molecule has 2 N–H and O–H groups in total. The van der Waals surface area contributed by atoms with Crippen molar-refractivity contribution in [3.05, 3.63) is 63.6 Å². The minimum atomic E-state index is -1.83. The monoisotopic (exact) mass is 466 g/mol. The summed E-state index contributed by atoms with van der Waals surface area (Å²) in [6, 6.07) is 12.3. The van der Waals surface area contributed by atoms with Gasteiger partial charge in [-0.2, -0.15) is 0 Å². The van der Waals surface area contributed by atoms with Gasteiger partial charge in [-0.05, 0) is 35.2 Å². The lowest BCUT2D eigenvalue weighted by molar-refractivity contribution is 0.0942. The fourth-order valence-electron chi connectivity index (χ4n) is 2.31. The maximum atomic E-state index is 12.6. The van der Waals surface area contributed by atoms with Crippen LogP contribution in [0, 0.1) is 0 Å². The Morgan fingerprint density at radius 2 is 1.56 bits per heavy atom. The molecule has 0 aliphatic rings. The van der Waals surface area contributed by atoms with Crippen molar-refractivity contribution in [2.45, 2.75) is 36.1 Å². The molecule has 1 amide bonds. The van der Waals surface area contributed by atoms with Crippen molar-refractivity contribution in [3.63, 3.8) is 0 Å². The van der Waals surface area contributed by atoms with E-state index in [1.165, 1.54) is 0 Å². The highest BCUT2D eigenvalue weighted by molar-refractivity contribution is 6.68. The summed E-state index contributed by atoms with van der Waals surface area (Å²) in [6.45, 7) is 6.29. The normalized spacial score (nSPS) is 13.2. The van der Waals surface area contributed by atoms with E-state index in [1.54, 1.807) is 30.3 Å². The lowest BCUT2D eigenvalue weighted by atomic mass is 9.87. The van der Waals surface area contributed by atoms with Gasteiger partial charge in [-0.25, -0.2) is 0 Å². The number of hydrogen-bond donors (Lipinski definition) is 2. The van der Waals surface area contributed by atoms with Crippen molar-refractivity contribution in [3.8, 4) is 0 Å². The lowest BCUT2D eigenvalue weighted by Crippen LogP contribution is -2.49. The highest BCUT2D eigenvalue weighted by atomic mass is 35.6. The number of carbonyl (C=O) groups is 1. The number of amides is 1. The van der Waals surface area contributed by atoms with Crippen molar-refractivity contribution >= 4 is 69.6 Å². The molecule has 2 aromatic rings. The van der Waals surface area contributed by atoms with Gasteiger partial charge in [0.1, 0.15) is 6.17 Å². The quantitative estimate of drug-likeness (QED) is 0.381. The van der Waals surface area contributed by atoms with Crippen molar-refractivity contribution in [2.24, 2.45) is 0 Å². The van der Waals surface area contributed by atoms with E-state index in [-0.39, 0.29) is 10.4 Å². The molecular formula is C19H19Cl5N2O. The van der Waals surface area contributed by atoms with Crippen LogP contribution in [0.4, 0.5) is 5.69 Å². The molecular weight excluding hydrogens is 449 g/mol. The Bertz CT molecular complexity index is 810. The first kappa shape index (κ1) is 22.4.